The molecule has 0 fully saturated rings. The molecular weight excluding hydrogens is 435 g/mol. The zero-order valence-corrected chi connectivity index (χ0v) is 20.2. The number of hydrogen-bond acceptors (Lipinski definition) is 5. The van der Waals surface area contributed by atoms with Gasteiger partial charge in [0.1, 0.15) is 11.4 Å². The first-order chi connectivity index (χ1) is 16.0. The second kappa shape index (κ2) is 10.3. The zero-order valence-electron chi connectivity index (χ0n) is 19.4. The van der Waals surface area contributed by atoms with Crippen LogP contribution < -0.4 is 14.6 Å². The van der Waals surface area contributed by atoms with Crippen molar-refractivity contribution in [2.75, 3.05) is 24.2 Å². The Kier molecular flexibility index (Phi) is 7.26. The summed E-state index contributed by atoms with van der Waals surface area (Å²) in [6, 6.07) is 20.8. The van der Waals surface area contributed by atoms with Crippen LogP contribution in [-0.2, 0) is 0 Å². The van der Waals surface area contributed by atoms with E-state index in [0.29, 0.717) is 17.4 Å². The minimum absolute atomic E-state index is 0.291. The predicted molar refractivity (Wildman–Crippen MR) is 137 cm³/mol. The van der Waals surface area contributed by atoms with E-state index in [4.69, 9.17) is 9.25 Å². The molecule has 172 valence electrons. The lowest BCUT2D eigenvalue weighted by Gasteiger charge is -2.27. The summed E-state index contributed by atoms with van der Waals surface area (Å²) in [5.41, 5.74) is 7.57. The number of anilines is 1. The standard InChI is InChI=1S/C27H29FN2O2S/c1-5-18(2)17-30(33-4)24-16-25-23(15-22(24)19-9-7-6-8-10-19)27(32-29-3)26(31-25)20-11-13-21(28)14-12-20/h6-16,18,29H,5,17H2,1-4H3. The molecule has 1 N–H and O–H groups in total. The number of nitrogens with one attached hydrogen (secondary N) is 1. The summed E-state index contributed by atoms with van der Waals surface area (Å²) in [5, 5.41) is 0.857. The van der Waals surface area contributed by atoms with E-state index >= 15 is 0 Å². The second-order valence-electron chi connectivity index (χ2n) is 8.06. The molecule has 33 heavy (non-hydrogen) atoms. The SMILES string of the molecule is CCC(C)CN(SC)c1cc2oc(-c3ccc(F)cc3)c(ONC)c2cc1-c1ccccc1. The summed E-state index contributed by atoms with van der Waals surface area (Å²) in [6.07, 6.45) is 3.21. The van der Waals surface area contributed by atoms with E-state index in [2.05, 4.69) is 54.2 Å². The smallest absolute Gasteiger partial charge is 0.201 e. The Labute approximate surface area is 198 Å². The third-order valence-corrected chi connectivity index (χ3v) is 6.61. The number of rotatable bonds is 9. The van der Waals surface area contributed by atoms with Crippen molar-refractivity contribution in [2.45, 2.75) is 20.3 Å². The van der Waals surface area contributed by atoms with Crippen molar-refractivity contribution < 1.29 is 13.6 Å². The van der Waals surface area contributed by atoms with Gasteiger partial charge in [0, 0.05) is 37.0 Å². The Hall–Kier alpha value is -2.96. The van der Waals surface area contributed by atoms with E-state index in [1.807, 2.05) is 18.2 Å². The van der Waals surface area contributed by atoms with Crippen molar-refractivity contribution in [2.24, 2.45) is 5.92 Å². The molecule has 1 aromatic heterocycles. The third-order valence-electron chi connectivity index (χ3n) is 5.82. The number of hydroxylamine groups is 1. The van der Waals surface area contributed by atoms with Crippen LogP contribution in [0.5, 0.6) is 5.75 Å². The molecule has 4 nitrogen and oxygen atoms in total. The Morgan fingerprint density at radius 3 is 2.42 bits per heavy atom. The van der Waals surface area contributed by atoms with Gasteiger partial charge in [0.2, 0.25) is 5.75 Å². The molecule has 4 aromatic rings. The zero-order chi connectivity index (χ0) is 23.4. The Morgan fingerprint density at radius 1 is 1.06 bits per heavy atom. The lowest BCUT2D eigenvalue weighted by molar-refractivity contribution is 0.226. The number of benzene rings is 3. The Morgan fingerprint density at radius 2 is 1.79 bits per heavy atom. The van der Waals surface area contributed by atoms with E-state index in [-0.39, 0.29) is 5.82 Å². The molecule has 0 aliphatic carbocycles. The minimum atomic E-state index is -0.291. The van der Waals surface area contributed by atoms with Gasteiger partial charge in [0.05, 0.1) is 11.1 Å². The van der Waals surface area contributed by atoms with Gasteiger partial charge in [-0.05, 0) is 41.8 Å². The highest BCUT2D eigenvalue weighted by atomic mass is 32.2. The quantitative estimate of drug-likeness (QED) is 0.204. The normalized spacial score (nSPS) is 12.2. The molecule has 1 unspecified atom stereocenters. The van der Waals surface area contributed by atoms with Crippen LogP contribution in [0.4, 0.5) is 10.1 Å². The molecule has 0 saturated carbocycles. The van der Waals surface area contributed by atoms with Crippen molar-refractivity contribution >= 4 is 28.6 Å². The molecule has 0 radical (unpaired) electrons. The Balaban J connectivity index is 1.95. The maximum absolute atomic E-state index is 13.5. The highest BCUT2D eigenvalue weighted by Crippen LogP contribution is 2.45. The summed E-state index contributed by atoms with van der Waals surface area (Å²) in [5.74, 6) is 1.40. The van der Waals surface area contributed by atoms with Crippen LogP contribution in [0.3, 0.4) is 0 Å². The molecular formula is C27H29FN2O2S. The first-order valence-electron chi connectivity index (χ1n) is 11.1. The topological polar surface area (TPSA) is 37.6 Å². The summed E-state index contributed by atoms with van der Waals surface area (Å²) in [4.78, 5) is 5.82. The molecule has 6 heteroatoms. The first kappa shape index (κ1) is 23.2. The van der Waals surface area contributed by atoms with E-state index in [0.717, 1.165) is 46.3 Å². The van der Waals surface area contributed by atoms with Gasteiger partial charge in [-0.2, -0.15) is 5.48 Å². The van der Waals surface area contributed by atoms with Gasteiger partial charge in [0.15, 0.2) is 5.76 Å². The molecule has 0 bridgehead atoms. The fraction of sp³-hybridized carbons (Fsp3) is 0.259. The monoisotopic (exact) mass is 464 g/mol. The van der Waals surface area contributed by atoms with Crippen molar-refractivity contribution in [3.63, 3.8) is 0 Å². The molecule has 0 saturated heterocycles. The maximum atomic E-state index is 13.5. The van der Waals surface area contributed by atoms with Crippen LogP contribution in [0.25, 0.3) is 33.4 Å². The predicted octanol–water partition coefficient (Wildman–Crippen LogP) is 7.55. The van der Waals surface area contributed by atoms with Gasteiger partial charge in [-0.3, -0.25) is 0 Å². The van der Waals surface area contributed by atoms with E-state index in [1.165, 1.54) is 12.1 Å². The number of nitrogens with zero attached hydrogens (tertiary/aromatic N) is 1. The average molecular weight is 465 g/mol. The summed E-state index contributed by atoms with van der Waals surface area (Å²) in [7, 11) is 1.71. The van der Waals surface area contributed by atoms with Crippen LogP contribution in [0.1, 0.15) is 20.3 Å². The number of fused-ring (bicyclic) bond motifs is 1. The largest absolute Gasteiger partial charge is 0.452 e. The van der Waals surface area contributed by atoms with Crippen molar-refractivity contribution in [1.82, 2.24) is 5.48 Å². The lowest BCUT2D eigenvalue weighted by Crippen LogP contribution is -2.21. The second-order valence-corrected chi connectivity index (χ2v) is 8.87. The third kappa shape index (κ3) is 4.87. The van der Waals surface area contributed by atoms with Crippen LogP contribution in [0.2, 0.25) is 0 Å². The molecule has 0 aliphatic heterocycles. The van der Waals surface area contributed by atoms with E-state index in [9.17, 15) is 4.39 Å². The number of halogens is 1. The van der Waals surface area contributed by atoms with Crippen LogP contribution >= 0.6 is 11.9 Å². The van der Waals surface area contributed by atoms with Crippen molar-refractivity contribution in [3.05, 3.63) is 72.5 Å². The fourth-order valence-corrected chi connectivity index (χ4v) is 4.59. The van der Waals surface area contributed by atoms with E-state index in [1.54, 1.807) is 31.1 Å². The van der Waals surface area contributed by atoms with Gasteiger partial charge < -0.3 is 13.6 Å². The Bertz CT molecular complexity index is 1210. The number of hydrogen-bond donors (Lipinski definition) is 1. The van der Waals surface area contributed by atoms with Crippen LogP contribution in [-0.4, -0.2) is 19.8 Å². The molecule has 4 rings (SSSR count). The van der Waals surface area contributed by atoms with Gasteiger partial charge >= 0.3 is 0 Å². The summed E-state index contributed by atoms with van der Waals surface area (Å²) in [6.45, 7) is 5.41. The van der Waals surface area contributed by atoms with Crippen LogP contribution in [0.15, 0.2) is 71.1 Å². The highest BCUT2D eigenvalue weighted by molar-refractivity contribution is 8.00. The molecule has 0 aliphatic rings. The fourth-order valence-electron chi connectivity index (χ4n) is 3.84. The van der Waals surface area contributed by atoms with Crippen molar-refractivity contribution in [3.8, 4) is 28.2 Å². The minimum Gasteiger partial charge on any atom is -0.452 e. The average Bonchev–Trinajstić information content (AvgIpc) is 3.20. The number of furan rings is 1. The van der Waals surface area contributed by atoms with E-state index < -0.39 is 0 Å². The summed E-state index contributed by atoms with van der Waals surface area (Å²) < 4.78 is 22.2. The lowest BCUT2D eigenvalue weighted by atomic mass is 10.0. The van der Waals surface area contributed by atoms with Crippen molar-refractivity contribution in [1.29, 1.82) is 0 Å². The molecule has 0 spiro atoms. The molecule has 0 amide bonds. The van der Waals surface area contributed by atoms with Gasteiger partial charge in [-0.1, -0.05) is 62.5 Å². The summed E-state index contributed by atoms with van der Waals surface area (Å²) >= 11 is 1.71. The van der Waals surface area contributed by atoms with Crippen LogP contribution in [0, 0.1) is 11.7 Å². The maximum Gasteiger partial charge on any atom is 0.201 e. The molecule has 1 heterocycles. The van der Waals surface area contributed by atoms with Gasteiger partial charge in [-0.25, -0.2) is 4.39 Å². The first-order valence-corrected chi connectivity index (χ1v) is 12.3. The molecule has 1 atom stereocenters. The van der Waals surface area contributed by atoms with Gasteiger partial charge in [-0.15, -0.1) is 0 Å². The molecule has 3 aromatic carbocycles. The highest BCUT2D eigenvalue weighted by Gasteiger charge is 2.23. The van der Waals surface area contributed by atoms with Gasteiger partial charge in [0.25, 0.3) is 0 Å².